The number of nitriles is 4. The van der Waals surface area contributed by atoms with Gasteiger partial charge in [0.2, 0.25) is 0 Å². The molecule has 2 atom stereocenters. The molecule has 0 spiro atoms. The molecule has 0 bridgehead atoms. The van der Waals surface area contributed by atoms with Crippen LogP contribution in [-0.2, 0) is 11.2 Å². The molecule has 0 aliphatic rings. The lowest BCUT2D eigenvalue weighted by Gasteiger charge is -2.26. The molecule has 0 aromatic heterocycles. The average molecular weight is 266 g/mol. The van der Waals surface area contributed by atoms with Crippen molar-refractivity contribution in [3.05, 3.63) is 35.4 Å². The summed E-state index contributed by atoms with van der Waals surface area (Å²) in [6, 6.07) is 12.3. The van der Waals surface area contributed by atoms with Crippen LogP contribution >= 0.6 is 0 Å². The van der Waals surface area contributed by atoms with Crippen LogP contribution < -0.4 is 0 Å². The van der Waals surface area contributed by atoms with Crippen LogP contribution in [0.3, 0.4) is 0 Å². The van der Waals surface area contributed by atoms with Crippen LogP contribution in [0.1, 0.15) is 24.0 Å². The second kappa shape index (κ2) is 5.83. The number of benzene rings is 1. The van der Waals surface area contributed by atoms with Gasteiger partial charge in [0.1, 0.15) is 12.1 Å². The lowest BCUT2D eigenvalue weighted by molar-refractivity contribution is 0.0776. The molecule has 1 aromatic rings. The van der Waals surface area contributed by atoms with E-state index in [1.165, 1.54) is 24.3 Å². The van der Waals surface area contributed by atoms with E-state index in [4.69, 9.17) is 21.0 Å². The Kier molecular flexibility index (Phi) is 4.42. The number of hydrogen-bond acceptors (Lipinski definition) is 6. The van der Waals surface area contributed by atoms with Gasteiger partial charge in [-0.25, -0.2) is 0 Å². The normalized spacial score (nSPS) is 15.5. The molecule has 0 aliphatic heterocycles. The summed E-state index contributed by atoms with van der Waals surface area (Å²) in [6.07, 6.45) is -1.04. The lowest BCUT2D eigenvalue weighted by Crippen LogP contribution is -2.31. The summed E-state index contributed by atoms with van der Waals surface area (Å²) in [5, 5.41) is 56.0. The fourth-order valence-corrected chi connectivity index (χ4v) is 1.82. The van der Waals surface area contributed by atoms with Gasteiger partial charge >= 0.3 is 0 Å². The van der Waals surface area contributed by atoms with Crippen LogP contribution in [0.4, 0.5) is 0 Å². The monoisotopic (exact) mass is 266 g/mol. The minimum atomic E-state index is -2.15. The van der Waals surface area contributed by atoms with E-state index in [9.17, 15) is 10.2 Å². The molecular weight excluding hydrogens is 256 g/mol. The third kappa shape index (κ3) is 2.58. The van der Waals surface area contributed by atoms with E-state index < -0.39 is 24.0 Å². The van der Waals surface area contributed by atoms with E-state index in [0.717, 1.165) is 0 Å². The first kappa shape index (κ1) is 15.2. The van der Waals surface area contributed by atoms with Gasteiger partial charge < -0.3 is 10.2 Å². The van der Waals surface area contributed by atoms with Gasteiger partial charge in [-0.2, -0.15) is 21.0 Å². The Morgan fingerprint density at radius 1 is 0.800 bits per heavy atom. The Hall–Kier alpha value is -2.90. The molecule has 0 amide bonds. The Bertz CT molecular complexity index is 615. The minimum Gasteiger partial charge on any atom is -0.371 e. The predicted molar refractivity (Wildman–Crippen MR) is 65.9 cm³/mol. The van der Waals surface area contributed by atoms with E-state index in [-0.39, 0.29) is 11.1 Å². The molecule has 0 saturated heterocycles. The van der Waals surface area contributed by atoms with Crippen LogP contribution in [0, 0.1) is 45.3 Å². The number of nitrogens with zero attached hydrogens (tertiary/aromatic N) is 4. The summed E-state index contributed by atoms with van der Waals surface area (Å²) in [5.41, 5.74) is -4.40. The Labute approximate surface area is 116 Å². The van der Waals surface area contributed by atoms with Crippen molar-refractivity contribution < 1.29 is 10.2 Å². The molecule has 0 fully saturated rings. The standard InChI is InChI=1S/C14H10N4O2/c15-7-5-13(19,9-17)11-3-1-2-4-12(11)14(20,10-18)6-8-16/h1-4,19-20H,5-6H2. The highest BCUT2D eigenvalue weighted by Crippen LogP contribution is 2.34. The van der Waals surface area contributed by atoms with Gasteiger partial charge in [-0.1, -0.05) is 24.3 Å². The SMILES string of the molecule is N#CCC(O)(C#N)c1ccccc1C(O)(C#N)CC#N. The van der Waals surface area contributed by atoms with Gasteiger partial charge in [-0.05, 0) is 0 Å². The maximum Gasteiger partial charge on any atom is 0.190 e. The maximum absolute atomic E-state index is 10.2. The largest absolute Gasteiger partial charge is 0.371 e. The van der Waals surface area contributed by atoms with E-state index in [1.54, 1.807) is 24.3 Å². The number of hydrogen-bond donors (Lipinski definition) is 2. The molecule has 20 heavy (non-hydrogen) atoms. The fourth-order valence-electron chi connectivity index (χ4n) is 1.82. The molecule has 0 saturated carbocycles. The van der Waals surface area contributed by atoms with E-state index in [0.29, 0.717) is 0 Å². The highest BCUT2D eigenvalue weighted by molar-refractivity contribution is 5.44. The van der Waals surface area contributed by atoms with Crippen molar-refractivity contribution in [1.82, 2.24) is 0 Å². The third-order valence-corrected chi connectivity index (χ3v) is 2.86. The van der Waals surface area contributed by atoms with Gasteiger partial charge in [0.05, 0.1) is 25.0 Å². The molecule has 6 heteroatoms. The van der Waals surface area contributed by atoms with Crippen LogP contribution in [0.2, 0.25) is 0 Å². The molecule has 0 radical (unpaired) electrons. The summed E-state index contributed by atoms with van der Waals surface area (Å²) in [7, 11) is 0. The summed E-state index contributed by atoms with van der Waals surface area (Å²) in [5.74, 6) is 0. The van der Waals surface area contributed by atoms with Crippen LogP contribution in [-0.4, -0.2) is 10.2 Å². The summed E-state index contributed by atoms with van der Waals surface area (Å²) < 4.78 is 0. The van der Waals surface area contributed by atoms with E-state index >= 15 is 0 Å². The van der Waals surface area contributed by atoms with Crippen molar-refractivity contribution in [3.8, 4) is 24.3 Å². The third-order valence-electron chi connectivity index (χ3n) is 2.86. The van der Waals surface area contributed by atoms with Crippen molar-refractivity contribution in [1.29, 1.82) is 21.0 Å². The molecule has 98 valence electrons. The van der Waals surface area contributed by atoms with Gasteiger partial charge in [0, 0.05) is 11.1 Å². The van der Waals surface area contributed by atoms with Crippen molar-refractivity contribution in [2.75, 3.05) is 0 Å². The van der Waals surface area contributed by atoms with Gasteiger partial charge in [0.15, 0.2) is 11.2 Å². The van der Waals surface area contributed by atoms with Gasteiger partial charge in [0.25, 0.3) is 0 Å². The Balaban J connectivity index is 3.55. The Morgan fingerprint density at radius 2 is 1.15 bits per heavy atom. The first-order valence-corrected chi connectivity index (χ1v) is 5.58. The molecule has 1 rings (SSSR count). The molecule has 2 N–H and O–H groups in total. The molecule has 1 aromatic carbocycles. The fraction of sp³-hybridized carbons (Fsp3) is 0.286. The second-order valence-electron chi connectivity index (χ2n) is 4.16. The lowest BCUT2D eigenvalue weighted by atomic mass is 9.81. The highest BCUT2D eigenvalue weighted by Gasteiger charge is 2.39. The molecular formula is C14H10N4O2. The number of rotatable bonds is 4. The first-order chi connectivity index (χ1) is 9.47. The summed E-state index contributed by atoms with van der Waals surface area (Å²) >= 11 is 0. The van der Waals surface area contributed by atoms with Crippen molar-refractivity contribution in [2.24, 2.45) is 0 Å². The van der Waals surface area contributed by atoms with Crippen LogP contribution in [0.15, 0.2) is 24.3 Å². The Morgan fingerprint density at radius 3 is 1.40 bits per heavy atom. The predicted octanol–water partition coefficient (Wildman–Crippen LogP) is 0.936. The quantitative estimate of drug-likeness (QED) is 0.778. The molecule has 0 heterocycles. The van der Waals surface area contributed by atoms with Gasteiger partial charge in [-0.3, -0.25) is 0 Å². The highest BCUT2D eigenvalue weighted by atomic mass is 16.3. The second-order valence-corrected chi connectivity index (χ2v) is 4.16. The zero-order valence-electron chi connectivity index (χ0n) is 10.4. The van der Waals surface area contributed by atoms with Gasteiger partial charge in [-0.15, -0.1) is 0 Å². The van der Waals surface area contributed by atoms with Crippen molar-refractivity contribution in [2.45, 2.75) is 24.0 Å². The number of aliphatic hydroxyl groups is 2. The molecule has 6 nitrogen and oxygen atoms in total. The summed E-state index contributed by atoms with van der Waals surface area (Å²) in [6.45, 7) is 0. The molecule has 0 aliphatic carbocycles. The summed E-state index contributed by atoms with van der Waals surface area (Å²) in [4.78, 5) is 0. The van der Waals surface area contributed by atoms with Crippen molar-refractivity contribution >= 4 is 0 Å². The van der Waals surface area contributed by atoms with Crippen LogP contribution in [0.5, 0.6) is 0 Å². The topological polar surface area (TPSA) is 136 Å². The smallest absolute Gasteiger partial charge is 0.190 e. The zero-order valence-corrected chi connectivity index (χ0v) is 10.4. The van der Waals surface area contributed by atoms with Crippen molar-refractivity contribution in [3.63, 3.8) is 0 Å². The van der Waals surface area contributed by atoms with E-state index in [1.807, 2.05) is 0 Å². The first-order valence-electron chi connectivity index (χ1n) is 5.58. The average Bonchev–Trinajstić information content (AvgIpc) is 2.47. The zero-order chi connectivity index (χ0) is 15.2. The van der Waals surface area contributed by atoms with Crippen LogP contribution in [0.25, 0.3) is 0 Å². The molecule has 2 unspecified atom stereocenters. The maximum atomic E-state index is 10.2. The minimum absolute atomic E-state index is 0.0525. The van der Waals surface area contributed by atoms with E-state index in [2.05, 4.69) is 0 Å².